The van der Waals surface area contributed by atoms with Crippen LogP contribution in [0, 0.1) is 0 Å². The van der Waals surface area contributed by atoms with Gasteiger partial charge in [0, 0.05) is 49.1 Å². The maximum atomic E-state index is 13.8. The zero-order chi connectivity index (χ0) is 24.8. The number of alkyl halides is 3. The highest BCUT2D eigenvalue weighted by Gasteiger charge is 2.40. The first-order valence-corrected chi connectivity index (χ1v) is 11.2. The van der Waals surface area contributed by atoms with Crippen LogP contribution in [0.25, 0.3) is 11.0 Å². The topological polar surface area (TPSA) is 81.3 Å². The molecule has 1 aromatic carbocycles. The summed E-state index contributed by atoms with van der Waals surface area (Å²) in [6.45, 7) is 5.58. The van der Waals surface area contributed by atoms with Gasteiger partial charge in [0.15, 0.2) is 0 Å². The van der Waals surface area contributed by atoms with Crippen molar-refractivity contribution < 1.29 is 23.0 Å². The molecule has 1 saturated heterocycles. The van der Waals surface area contributed by atoms with Crippen molar-refractivity contribution in [1.29, 1.82) is 0 Å². The number of imidazole rings is 1. The van der Waals surface area contributed by atoms with E-state index in [-0.39, 0.29) is 53.5 Å². The fourth-order valence-electron chi connectivity index (χ4n) is 4.76. The molecule has 0 aliphatic carbocycles. The molecule has 2 N–H and O–H groups in total. The van der Waals surface area contributed by atoms with E-state index >= 15 is 0 Å². The minimum absolute atomic E-state index is 0.0309. The van der Waals surface area contributed by atoms with Gasteiger partial charge in [-0.05, 0) is 45.7 Å². The predicted molar refractivity (Wildman–Crippen MR) is 122 cm³/mol. The van der Waals surface area contributed by atoms with Crippen LogP contribution in [-0.2, 0) is 18.8 Å². The predicted octanol–water partition coefficient (Wildman–Crippen LogP) is 3.74. The Kier molecular flexibility index (Phi) is 6.24. The van der Waals surface area contributed by atoms with Gasteiger partial charge in [-0.2, -0.15) is 13.2 Å². The van der Waals surface area contributed by atoms with Gasteiger partial charge >= 0.3 is 6.18 Å². The van der Waals surface area contributed by atoms with Crippen molar-refractivity contribution in [3.8, 4) is 5.75 Å². The molecule has 1 aliphatic rings. The number of aryl methyl sites for hydroxylation is 1. The molecule has 184 valence electrons. The average Bonchev–Trinajstić information content (AvgIpc) is 3.16. The second kappa shape index (κ2) is 8.74. The molecule has 0 saturated carbocycles. The molecule has 0 spiro atoms. The lowest BCUT2D eigenvalue weighted by Crippen LogP contribution is -2.53. The lowest BCUT2D eigenvalue weighted by atomic mass is 9.79. The Balaban J connectivity index is 1.58. The van der Waals surface area contributed by atoms with Gasteiger partial charge in [0.1, 0.15) is 12.4 Å². The molecule has 0 amide bonds. The summed E-state index contributed by atoms with van der Waals surface area (Å²) < 4.78 is 50.3. The molecule has 3 aromatic rings. The number of aromatic nitrogens is 3. The number of fused-ring (bicyclic) bond motifs is 1. The molecule has 0 bridgehead atoms. The highest BCUT2D eigenvalue weighted by atomic mass is 19.4. The molecular weight excluding hydrogens is 449 g/mol. The van der Waals surface area contributed by atoms with Gasteiger partial charge in [0.2, 0.25) is 5.56 Å². The van der Waals surface area contributed by atoms with Crippen molar-refractivity contribution in [3.63, 3.8) is 0 Å². The van der Waals surface area contributed by atoms with E-state index in [0.717, 1.165) is 6.07 Å². The molecule has 0 radical (unpaired) electrons. The third-order valence-electron chi connectivity index (χ3n) is 6.33. The van der Waals surface area contributed by atoms with E-state index in [2.05, 4.69) is 10.3 Å². The minimum Gasteiger partial charge on any atom is -0.492 e. The van der Waals surface area contributed by atoms with Crippen molar-refractivity contribution in [2.45, 2.75) is 63.5 Å². The summed E-state index contributed by atoms with van der Waals surface area (Å²) in [4.78, 5) is 15.9. The second-order valence-electron chi connectivity index (χ2n) is 9.46. The maximum absolute atomic E-state index is 13.8. The number of ether oxygens (including phenoxy) is 1. The largest absolute Gasteiger partial charge is 0.492 e. The average molecular weight is 479 g/mol. The normalized spacial score (nSPS) is 23.6. The lowest BCUT2D eigenvalue weighted by Gasteiger charge is -2.41. The van der Waals surface area contributed by atoms with E-state index in [1.165, 1.54) is 27.6 Å². The van der Waals surface area contributed by atoms with Gasteiger partial charge in [-0.3, -0.25) is 4.79 Å². The summed E-state index contributed by atoms with van der Waals surface area (Å²) in [5, 5.41) is 14.7. The molecule has 2 aromatic heterocycles. The SMILES string of the molecule is CC(C)n1cnc2cc(OC[C@@H]3C[C@](O)(c4ccc(=O)n(C)c4)C[C@H](C)N3)cc(C(F)(F)F)c21. The van der Waals surface area contributed by atoms with Crippen LogP contribution in [0.4, 0.5) is 13.2 Å². The zero-order valence-corrected chi connectivity index (χ0v) is 19.6. The molecule has 1 fully saturated rings. The number of rotatable bonds is 5. The van der Waals surface area contributed by atoms with E-state index in [1.54, 1.807) is 33.2 Å². The van der Waals surface area contributed by atoms with Crippen LogP contribution >= 0.6 is 0 Å². The van der Waals surface area contributed by atoms with E-state index in [1.807, 2.05) is 6.92 Å². The number of hydrogen-bond donors (Lipinski definition) is 2. The van der Waals surface area contributed by atoms with Crippen LogP contribution in [0.1, 0.15) is 50.8 Å². The van der Waals surface area contributed by atoms with Gasteiger partial charge in [-0.25, -0.2) is 4.98 Å². The third-order valence-corrected chi connectivity index (χ3v) is 6.33. The van der Waals surface area contributed by atoms with Crippen LogP contribution in [0.2, 0.25) is 0 Å². The summed E-state index contributed by atoms with van der Waals surface area (Å²) in [5.41, 5.74) is -1.30. The molecule has 1 aliphatic heterocycles. The van der Waals surface area contributed by atoms with Gasteiger partial charge in [-0.15, -0.1) is 0 Å². The zero-order valence-electron chi connectivity index (χ0n) is 19.6. The number of hydrogen-bond acceptors (Lipinski definition) is 5. The van der Waals surface area contributed by atoms with E-state index < -0.39 is 17.3 Å². The monoisotopic (exact) mass is 478 g/mol. The molecule has 0 unspecified atom stereocenters. The number of halogens is 3. The Labute approximate surface area is 195 Å². The second-order valence-corrected chi connectivity index (χ2v) is 9.46. The van der Waals surface area contributed by atoms with Crippen molar-refractivity contribution in [2.75, 3.05) is 6.61 Å². The van der Waals surface area contributed by atoms with Crippen LogP contribution in [0.5, 0.6) is 5.75 Å². The van der Waals surface area contributed by atoms with Crippen molar-refractivity contribution in [1.82, 2.24) is 19.4 Å². The van der Waals surface area contributed by atoms with Gasteiger partial charge in [0.25, 0.3) is 0 Å². The van der Waals surface area contributed by atoms with Crippen LogP contribution in [-0.4, -0.2) is 37.9 Å². The Morgan fingerprint density at radius 2 is 2.03 bits per heavy atom. The van der Waals surface area contributed by atoms with Gasteiger partial charge < -0.3 is 24.3 Å². The van der Waals surface area contributed by atoms with Crippen LogP contribution in [0.15, 0.2) is 41.6 Å². The van der Waals surface area contributed by atoms with Crippen LogP contribution in [0.3, 0.4) is 0 Å². The lowest BCUT2D eigenvalue weighted by molar-refractivity contribution is -0.136. The molecular formula is C24H29F3N4O3. The molecule has 10 heteroatoms. The molecule has 3 heterocycles. The fourth-order valence-corrected chi connectivity index (χ4v) is 4.76. The minimum atomic E-state index is -4.56. The molecule has 3 atom stereocenters. The smallest absolute Gasteiger partial charge is 0.418 e. The Morgan fingerprint density at radius 3 is 2.68 bits per heavy atom. The van der Waals surface area contributed by atoms with Crippen LogP contribution < -0.4 is 15.6 Å². The first-order chi connectivity index (χ1) is 15.9. The van der Waals surface area contributed by atoms with Crippen molar-refractivity contribution >= 4 is 11.0 Å². The molecule has 34 heavy (non-hydrogen) atoms. The number of nitrogens with zero attached hydrogens (tertiary/aromatic N) is 3. The highest BCUT2D eigenvalue weighted by Crippen LogP contribution is 2.39. The summed E-state index contributed by atoms with van der Waals surface area (Å²) in [7, 11) is 1.62. The number of piperidine rings is 1. The highest BCUT2D eigenvalue weighted by molar-refractivity contribution is 5.81. The first-order valence-electron chi connectivity index (χ1n) is 11.2. The first kappa shape index (κ1) is 24.3. The standard InChI is InChI=1S/C24H29F3N4O3/c1-14(2)31-13-28-20-8-18(7-19(22(20)31)24(25,26)27)34-12-17-10-23(33,9-15(3)29-17)16-5-6-21(32)30(4)11-16/h5-8,11,13-15,17,29,33H,9-10,12H2,1-4H3/t15-,17-,23-/m0/s1. The summed E-state index contributed by atoms with van der Waals surface area (Å²) in [6, 6.07) is 4.98. The van der Waals surface area contributed by atoms with Gasteiger partial charge in [0.05, 0.1) is 28.5 Å². The number of pyridine rings is 1. The maximum Gasteiger partial charge on any atom is 0.418 e. The number of nitrogens with one attached hydrogen (secondary N) is 1. The third kappa shape index (κ3) is 4.69. The number of benzene rings is 1. The summed E-state index contributed by atoms with van der Waals surface area (Å²) >= 11 is 0. The fraction of sp³-hybridized carbons (Fsp3) is 0.500. The quantitative estimate of drug-likeness (QED) is 0.584. The van der Waals surface area contributed by atoms with Crippen molar-refractivity contribution in [2.24, 2.45) is 7.05 Å². The number of aliphatic hydroxyl groups is 1. The van der Waals surface area contributed by atoms with E-state index in [9.17, 15) is 23.1 Å². The Bertz CT molecular complexity index is 1250. The summed E-state index contributed by atoms with van der Waals surface area (Å²) in [6.07, 6.45) is -0.825. The molecule has 4 rings (SSSR count). The summed E-state index contributed by atoms with van der Waals surface area (Å²) in [5.74, 6) is 0.0690. The molecule has 7 nitrogen and oxygen atoms in total. The Morgan fingerprint density at radius 1 is 1.29 bits per heavy atom. The van der Waals surface area contributed by atoms with E-state index in [4.69, 9.17) is 4.74 Å². The Hall–Kier alpha value is -2.85. The van der Waals surface area contributed by atoms with Crippen molar-refractivity contribution in [3.05, 3.63) is 58.3 Å². The van der Waals surface area contributed by atoms with E-state index in [0.29, 0.717) is 12.0 Å². The van der Waals surface area contributed by atoms with Gasteiger partial charge in [-0.1, -0.05) is 0 Å².